The van der Waals surface area contributed by atoms with Gasteiger partial charge in [-0.3, -0.25) is 0 Å². The van der Waals surface area contributed by atoms with Crippen LogP contribution in [0.4, 0.5) is 5.69 Å². The Bertz CT molecular complexity index is 632. The summed E-state index contributed by atoms with van der Waals surface area (Å²) in [6, 6.07) is 8.02. The Morgan fingerprint density at radius 2 is 1.95 bits per heavy atom. The van der Waals surface area contributed by atoms with Crippen LogP contribution in [0.25, 0.3) is 0 Å². The van der Waals surface area contributed by atoms with Crippen molar-refractivity contribution < 1.29 is 4.74 Å². The largest absolute Gasteiger partial charge is 0.489 e. The van der Waals surface area contributed by atoms with E-state index in [1.807, 2.05) is 32.0 Å². The molecule has 0 amide bonds. The van der Waals surface area contributed by atoms with Crippen molar-refractivity contribution in [3.63, 3.8) is 0 Å². The summed E-state index contributed by atoms with van der Waals surface area (Å²) in [5.74, 6) is 0.726. The topological polar surface area (TPSA) is 26.2 Å². The van der Waals surface area contributed by atoms with E-state index in [0.717, 1.165) is 18.0 Å². The molecule has 3 nitrogen and oxygen atoms in total. The summed E-state index contributed by atoms with van der Waals surface area (Å²) in [4.78, 5) is 0. The molecule has 0 bridgehead atoms. The first kappa shape index (κ1) is 15.8. The minimum absolute atomic E-state index is 0.122. The third kappa shape index (κ3) is 3.73. The van der Waals surface area contributed by atoms with Gasteiger partial charge in [0.2, 0.25) is 0 Å². The van der Waals surface area contributed by atoms with Crippen LogP contribution in [0.3, 0.4) is 0 Å². The number of nitrogens with one attached hydrogen (secondary N) is 1. The van der Waals surface area contributed by atoms with E-state index < -0.39 is 0 Å². The number of hydrogen-bond acceptors (Lipinski definition) is 2. The van der Waals surface area contributed by atoms with Crippen molar-refractivity contribution in [1.29, 1.82) is 0 Å². The first-order valence-corrected chi connectivity index (χ1v) is 7.58. The zero-order chi connectivity index (χ0) is 15.6. The molecule has 0 unspecified atom stereocenters. The highest BCUT2D eigenvalue weighted by Gasteiger charge is 2.08. The van der Waals surface area contributed by atoms with Crippen molar-refractivity contribution >= 4 is 17.3 Å². The normalized spacial score (nSPS) is 11.0. The van der Waals surface area contributed by atoms with Crippen LogP contribution in [0.1, 0.15) is 30.8 Å². The van der Waals surface area contributed by atoms with Crippen LogP contribution in [0.2, 0.25) is 5.02 Å². The Morgan fingerprint density at radius 1 is 1.24 bits per heavy atom. The highest BCUT2D eigenvalue weighted by atomic mass is 35.5. The fraction of sp³-hybridized carbons (Fsp3) is 0.412. The van der Waals surface area contributed by atoms with Crippen molar-refractivity contribution in [3.05, 3.63) is 46.2 Å². The number of benzene rings is 1. The Balaban J connectivity index is 2.06. The Kier molecular flexibility index (Phi) is 4.84. The predicted molar refractivity (Wildman–Crippen MR) is 89.4 cm³/mol. The summed E-state index contributed by atoms with van der Waals surface area (Å²) in [5, 5.41) is 4.04. The minimum atomic E-state index is 0.122. The Morgan fingerprint density at radius 3 is 2.48 bits per heavy atom. The molecule has 21 heavy (non-hydrogen) atoms. The van der Waals surface area contributed by atoms with Gasteiger partial charge in [-0.15, -0.1) is 0 Å². The molecule has 0 fully saturated rings. The summed E-state index contributed by atoms with van der Waals surface area (Å²) in [6.45, 7) is 9.02. The molecule has 0 aliphatic carbocycles. The summed E-state index contributed by atoms with van der Waals surface area (Å²) in [6.07, 6.45) is 0.122. The number of aryl methyl sites for hydroxylation is 1. The molecular weight excluding hydrogens is 284 g/mol. The maximum Gasteiger partial charge on any atom is 0.138 e. The van der Waals surface area contributed by atoms with Crippen LogP contribution in [0.5, 0.6) is 5.75 Å². The van der Waals surface area contributed by atoms with Crippen LogP contribution in [0.15, 0.2) is 24.3 Å². The van der Waals surface area contributed by atoms with E-state index >= 15 is 0 Å². The summed E-state index contributed by atoms with van der Waals surface area (Å²) in [5.41, 5.74) is 4.85. The van der Waals surface area contributed by atoms with E-state index in [0.29, 0.717) is 5.02 Å². The third-order valence-corrected chi connectivity index (χ3v) is 3.95. The second-order valence-corrected chi connectivity index (χ2v) is 6.03. The SMILES string of the molecule is Cc1cc(CNc2ccc(OC(C)C)c(Cl)c2)c(C)n1C. The molecule has 1 heterocycles. The van der Waals surface area contributed by atoms with E-state index in [1.54, 1.807) is 0 Å². The van der Waals surface area contributed by atoms with Gasteiger partial charge in [0.1, 0.15) is 5.75 Å². The summed E-state index contributed by atoms with van der Waals surface area (Å²) >= 11 is 6.25. The van der Waals surface area contributed by atoms with Gasteiger partial charge in [0, 0.05) is 30.7 Å². The maximum absolute atomic E-state index is 6.25. The smallest absolute Gasteiger partial charge is 0.138 e. The molecule has 0 radical (unpaired) electrons. The number of halogens is 1. The van der Waals surface area contributed by atoms with Crippen LogP contribution in [-0.2, 0) is 13.6 Å². The summed E-state index contributed by atoms with van der Waals surface area (Å²) in [7, 11) is 2.09. The molecule has 1 N–H and O–H groups in total. The minimum Gasteiger partial charge on any atom is -0.489 e. The lowest BCUT2D eigenvalue weighted by atomic mass is 10.2. The molecule has 2 rings (SSSR count). The molecule has 1 aromatic heterocycles. The van der Waals surface area contributed by atoms with Gasteiger partial charge in [-0.2, -0.15) is 0 Å². The number of ether oxygens (including phenoxy) is 1. The highest BCUT2D eigenvalue weighted by molar-refractivity contribution is 6.32. The Hall–Kier alpha value is -1.61. The number of anilines is 1. The summed E-state index contributed by atoms with van der Waals surface area (Å²) < 4.78 is 7.84. The van der Waals surface area contributed by atoms with E-state index in [4.69, 9.17) is 16.3 Å². The average Bonchev–Trinajstić information content (AvgIpc) is 2.66. The predicted octanol–water partition coefficient (Wildman–Crippen LogP) is 4.69. The molecule has 2 aromatic rings. The number of nitrogens with zero attached hydrogens (tertiary/aromatic N) is 1. The third-order valence-electron chi connectivity index (χ3n) is 3.66. The van der Waals surface area contributed by atoms with Gasteiger partial charge in [-0.25, -0.2) is 0 Å². The first-order valence-electron chi connectivity index (χ1n) is 7.20. The van der Waals surface area contributed by atoms with Crippen LogP contribution < -0.4 is 10.1 Å². The van der Waals surface area contributed by atoms with Gasteiger partial charge in [0.25, 0.3) is 0 Å². The fourth-order valence-corrected chi connectivity index (χ4v) is 2.49. The molecule has 0 spiro atoms. The molecule has 0 atom stereocenters. The Labute approximate surface area is 131 Å². The van der Waals surface area contributed by atoms with E-state index in [1.165, 1.54) is 17.0 Å². The molecular formula is C17H23ClN2O. The van der Waals surface area contributed by atoms with E-state index in [9.17, 15) is 0 Å². The van der Waals surface area contributed by atoms with Gasteiger partial charge in [0.15, 0.2) is 0 Å². The quantitative estimate of drug-likeness (QED) is 0.867. The molecule has 0 saturated heterocycles. The standard InChI is InChI=1S/C17H23ClN2O/c1-11(2)21-17-7-6-15(9-16(17)18)19-10-14-8-12(3)20(5)13(14)4/h6-9,11,19H,10H2,1-5H3. The van der Waals surface area contributed by atoms with E-state index in [2.05, 4.69) is 36.8 Å². The molecule has 114 valence electrons. The van der Waals surface area contributed by atoms with Crippen LogP contribution in [-0.4, -0.2) is 10.7 Å². The zero-order valence-electron chi connectivity index (χ0n) is 13.3. The second kappa shape index (κ2) is 6.44. The van der Waals surface area contributed by atoms with Gasteiger partial charge in [-0.1, -0.05) is 11.6 Å². The fourth-order valence-electron chi connectivity index (χ4n) is 2.27. The second-order valence-electron chi connectivity index (χ2n) is 5.62. The average molecular weight is 307 g/mol. The van der Waals surface area contributed by atoms with Crippen LogP contribution in [0, 0.1) is 13.8 Å². The van der Waals surface area contributed by atoms with Gasteiger partial charge in [0.05, 0.1) is 11.1 Å². The van der Waals surface area contributed by atoms with Gasteiger partial charge in [-0.05, 0) is 57.5 Å². The molecule has 4 heteroatoms. The van der Waals surface area contributed by atoms with E-state index in [-0.39, 0.29) is 6.10 Å². The number of hydrogen-bond donors (Lipinski definition) is 1. The zero-order valence-corrected chi connectivity index (χ0v) is 14.1. The molecule has 0 saturated carbocycles. The molecule has 0 aliphatic heterocycles. The van der Waals surface area contributed by atoms with Crippen molar-refractivity contribution in [2.75, 3.05) is 5.32 Å². The first-order chi connectivity index (χ1) is 9.88. The molecule has 0 aliphatic rings. The molecule has 1 aromatic carbocycles. The van der Waals surface area contributed by atoms with Gasteiger partial charge < -0.3 is 14.6 Å². The lowest BCUT2D eigenvalue weighted by molar-refractivity contribution is 0.242. The van der Waals surface area contributed by atoms with Crippen molar-refractivity contribution in [2.24, 2.45) is 7.05 Å². The maximum atomic E-state index is 6.25. The number of rotatable bonds is 5. The van der Waals surface area contributed by atoms with Crippen molar-refractivity contribution in [2.45, 2.75) is 40.3 Å². The van der Waals surface area contributed by atoms with Gasteiger partial charge >= 0.3 is 0 Å². The monoisotopic (exact) mass is 306 g/mol. The van der Waals surface area contributed by atoms with Crippen LogP contribution >= 0.6 is 11.6 Å². The highest BCUT2D eigenvalue weighted by Crippen LogP contribution is 2.29. The van der Waals surface area contributed by atoms with Crippen molar-refractivity contribution in [3.8, 4) is 5.75 Å². The lowest BCUT2D eigenvalue weighted by Crippen LogP contribution is -2.06. The lowest BCUT2D eigenvalue weighted by Gasteiger charge is -2.13. The van der Waals surface area contributed by atoms with Crippen molar-refractivity contribution in [1.82, 2.24) is 4.57 Å². The number of aromatic nitrogens is 1.